The maximum absolute atomic E-state index is 6.60. The summed E-state index contributed by atoms with van der Waals surface area (Å²) < 4.78 is 13.2. The average molecular weight is 387 g/mol. The normalized spacial score (nSPS) is 26.2. The number of rotatable bonds is 3. The third-order valence-corrected chi connectivity index (χ3v) is 11.3. The minimum absolute atomic E-state index is 0.0967. The number of hydrogen-bond donors (Lipinski definition) is 0. The molecule has 2 atom stereocenters. The van der Waals surface area contributed by atoms with E-state index >= 15 is 0 Å². The Hall–Kier alpha value is -1.22. The third kappa shape index (κ3) is 3.60. The summed E-state index contributed by atoms with van der Waals surface area (Å²) in [5.74, 6) is 2.08. The van der Waals surface area contributed by atoms with Crippen molar-refractivity contribution in [2.75, 3.05) is 0 Å². The zero-order chi connectivity index (χ0) is 20.3. The lowest BCUT2D eigenvalue weighted by Gasteiger charge is -2.36. The molecular formula is C24H38O2Si. The summed E-state index contributed by atoms with van der Waals surface area (Å²) in [6.07, 6.45) is 3.99. The van der Waals surface area contributed by atoms with Crippen molar-refractivity contribution in [3.63, 3.8) is 0 Å². The molecule has 0 N–H and O–H groups in total. The van der Waals surface area contributed by atoms with E-state index in [0.717, 1.165) is 11.5 Å². The van der Waals surface area contributed by atoms with Crippen molar-refractivity contribution in [2.24, 2.45) is 10.8 Å². The van der Waals surface area contributed by atoms with E-state index in [9.17, 15) is 0 Å². The molecule has 1 aliphatic heterocycles. The molecule has 0 unspecified atom stereocenters. The highest BCUT2D eigenvalue weighted by atomic mass is 28.4. The van der Waals surface area contributed by atoms with Crippen LogP contribution in [0.25, 0.3) is 5.76 Å². The summed E-state index contributed by atoms with van der Waals surface area (Å²) in [5, 5.41) is 0.188. The zero-order valence-electron chi connectivity index (χ0n) is 18.8. The molecule has 1 saturated carbocycles. The van der Waals surface area contributed by atoms with E-state index in [1.54, 1.807) is 0 Å². The first-order chi connectivity index (χ1) is 12.3. The van der Waals surface area contributed by atoms with Gasteiger partial charge in [-0.05, 0) is 60.5 Å². The van der Waals surface area contributed by atoms with Crippen molar-refractivity contribution in [2.45, 2.75) is 92.0 Å². The Morgan fingerprint density at radius 1 is 1.11 bits per heavy atom. The second kappa shape index (κ2) is 6.40. The predicted octanol–water partition coefficient (Wildman–Crippen LogP) is 7.42. The first kappa shape index (κ1) is 20.5. The van der Waals surface area contributed by atoms with Gasteiger partial charge in [-0.25, -0.2) is 0 Å². The van der Waals surface area contributed by atoms with Gasteiger partial charge in [0.25, 0.3) is 0 Å². The van der Waals surface area contributed by atoms with Crippen molar-refractivity contribution in [1.82, 2.24) is 0 Å². The molecule has 1 aromatic rings. The predicted molar refractivity (Wildman–Crippen MR) is 117 cm³/mol. The van der Waals surface area contributed by atoms with Gasteiger partial charge in [-0.2, -0.15) is 0 Å². The summed E-state index contributed by atoms with van der Waals surface area (Å²) in [5.41, 5.74) is 2.93. The highest BCUT2D eigenvalue weighted by molar-refractivity contribution is 6.74. The summed E-state index contributed by atoms with van der Waals surface area (Å²) in [6, 6.07) is 8.60. The molecule has 0 bridgehead atoms. The number of hydrogen-bond acceptors (Lipinski definition) is 2. The van der Waals surface area contributed by atoms with Crippen LogP contribution in [0.5, 0.6) is 5.75 Å². The van der Waals surface area contributed by atoms with Gasteiger partial charge in [0, 0.05) is 11.0 Å². The highest BCUT2D eigenvalue weighted by Gasteiger charge is 2.53. The first-order valence-electron chi connectivity index (χ1n) is 10.5. The van der Waals surface area contributed by atoms with Gasteiger partial charge in [-0.15, -0.1) is 0 Å². The number of fused-ring (bicyclic) bond motifs is 1. The van der Waals surface area contributed by atoms with E-state index in [0.29, 0.717) is 6.10 Å². The largest absolute Gasteiger partial charge is 0.543 e. The maximum atomic E-state index is 6.60. The third-order valence-electron chi connectivity index (χ3n) is 6.96. The Morgan fingerprint density at radius 3 is 2.37 bits per heavy atom. The van der Waals surface area contributed by atoms with Crippen LogP contribution in [-0.4, -0.2) is 14.4 Å². The maximum Gasteiger partial charge on any atom is 0.250 e. The van der Waals surface area contributed by atoms with Crippen LogP contribution in [0.3, 0.4) is 0 Å². The molecule has 2 aliphatic rings. The SMILES string of the molecule is CC(C)(C)C1=C(c2cccc(O[Si](C)(C)C(C)(C)C)c2)O[C@H]2CCC[C@]12C. The van der Waals surface area contributed by atoms with Crippen LogP contribution in [0, 0.1) is 10.8 Å². The second-order valence-corrected chi connectivity index (χ2v) is 16.0. The van der Waals surface area contributed by atoms with Crippen LogP contribution in [0.2, 0.25) is 18.1 Å². The fourth-order valence-electron chi connectivity index (χ4n) is 4.63. The Bertz CT molecular complexity index is 748. The molecule has 0 spiro atoms. The molecular weight excluding hydrogens is 348 g/mol. The molecule has 0 radical (unpaired) electrons. The van der Waals surface area contributed by atoms with E-state index in [-0.39, 0.29) is 15.9 Å². The number of ether oxygens (including phenoxy) is 1. The highest BCUT2D eigenvalue weighted by Crippen LogP contribution is 2.59. The first-order valence-corrected chi connectivity index (χ1v) is 13.4. The molecule has 1 aromatic carbocycles. The average Bonchev–Trinajstić information content (AvgIpc) is 2.98. The van der Waals surface area contributed by atoms with Crippen LogP contribution in [0.15, 0.2) is 29.8 Å². The molecule has 0 amide bonds. The Labute approximate surface area is 167 Å². The van der Waals surface area contributed by atoms with Gasteiger partial charge in [0.1, 0.15) is 17.6 Å². The van der Waals surface area contributed by atoms with Crippen LogP contribution in [-0.2, 0) is 4.74 Å². The molecule has 3 heteroatoms. The second-order valence-electron chi connectivity index (χ2n) is 11.3. The van der Waals surface area contributed by atoms with Gasteiger partial charge >= 0.3 is 0 Å². The Kier molecular flexibility index (Phi) is 4.86. The van der Waals surface area contributed by atoms with Crippen LogP contribution in [0.1, 0.15) is 73.3 Å². The smallest absolute Gasteiger partial charge is 0.250 e. The quantitative estimate of drug-likeness (QED) is 0.503. The van der Waals surface area contributed by atoms with E-state index in [2.05, 4.69) is 85.8 Å². The van der Waals surface area contributed by atoms with Gasteiger partial charge in [0.15, 0.2) is 0 Å². The lowest BCUT2D eigenvalue weighted by Crippen LogP contribution is -2.43. The van der Waals surface area contributed by atoms with Crippen molar-refractivity contribution in [3.05, 3.63) is 35.4 Å². The van der Waals surface area contributed by atoms with Crippen LogP contribution < -0.4 is 4.43 Å². The molecule has 1 fully saturated rings. The van der Waals surface area contributed by atoms with Gasteiger partial charge in [0.05, 0.1) is 0 Å². The summed E-state index contributed by atoms with van der Waals surface area (Å²) in [6.45, 7) is 20.8. The van der Waals surface area contributed by atoms with E-state index in [1.165, 1.54) is 30.4 Å². The van der Waals surface area contributed by atoms with Gasteiger partial charge in [-0.3, -0.25) is 0 Å². The van der Waals surface area contributed by atoms with E-state index < -0.39 is 8.32 Å². The van der Waals surface area contributed by atoms with Crippen molar-refractivity contribution < 1.29 is 9.16 Å². The van der Waals surface area contributed by atoms with Gasteiger partial charge < -0.3 is 9.16 Å². The molecule has 27 heavy (non-hydrogen) atoms. The molecule has 0 aromatic heterocycles. The molecule has 150 valence electrons. The lowest BCUT2D eigenvalue weighted by molar-refractivity contribution is 0.117. The molecule has 0 saturated heterocycles. The van der Waals surface area contributed by atoms with E-state index in [1.807, 2.05) is 0 Å². The van der Waals surface area contributed by atoms with Crippen molar-refractivity contribution in [3.8, 4) is 5.75 Å². The molecule has 1 aliphatic carbocycles. The summed E-state index contributed by atoms with van der Waals surface area (Å²) >= 11 is 0. The van der Waals surface area contributed by atoms with Gasteiger partial charge in [0.2, 0.25) is 8.32 Å². The van der Waals surface area contributed by atoms with Crippen molar-refractivity contribution >= 4 is 14.1 Å². The fourth-order valence-corrected chi connectivity index (χ4v) is 5.65. The summed E-state index contributed by atoms with van der Waals surface area (Å²) in [7, 11) is -1.86. The lowest BCUT2D eigenvalue weighted by atomic mass is 9.68. The van der Waals surface area contributed by atoms with Crippen LogP contribution in [0.4, 0.5) is 0 Å². The Balaban J connectivity index is 2.02. The number of benzene rings is 1. The van der Waals surface area contributed by atoms with Crippen molar-refractivity contribution in [1.29, 1.82) is 0 Å². The zero-order valence-corrected chi connectivity index (χ0v) is 19.8. The fraction of sp³-hybridized carbons (Fsp3) is 0.667. The molecule has 3 rings (SSSR count). The van der Waals surface area contributed by atoms with Crippen LogP contribution >= 0.6 is 0 Å². The summed E-state index contributed by atoms with van der Waals surface area (Å²) in [4.78, 5) is 0. The topological polar surface area (TPSA) is 18.5 Å². The van der Waals surface area contributed by atoms with Gasteiger partial charge in [-0.1, -0.05) is 60.6 Å². The molecule has 1 heterocycles. The standard InChI is InChI=1S/C24H38O2Si/c1-22(2,3)21-20(25-19-14-11-15-24(19,21)7)17-12-10-13-18(16-17)26-27(8,9)23(4,5)6/h10,12-13,16,19H,11,14-15H2,1-9H3/t19-,24-/m0/s1. The monoisotopic (exact) mass is 386 g/mol. The Morgan fingerprint density at radius 2 is 1.78 bits per heavy atom. The minimum atomic E-state index is -1.86. The van der Waals surface area contributed by atoms with E-state index in [4.69, 9.17) is 9.16 Å². The molecule has 2 nitrogen and oxygen atoms in total. The minimum Gasteiger partial charge on any atom is -0.543 e.